The minimum absolute atomic E-state index is 0.0641. The lowest BCUT2D eigenvalue weighted by atomic mass is 10.2. The molecule has 1 atom stereocenters. The molecule has 0 aromatic heterocycles. The standard InChI is InChI=1S/C9H13NO2/c1-8(7-11)10(12)9-5-3-2-4-6-9/h2-6,8,11-12H,7H2,1H3. The van der Waals surface area contributed by atoms with Crippen molar-refractivity contribution in [3.8, 4) is 0 Å². The first kappa shape index (κ1) is 9.03. The van der Waals surface area contributed by atoms with Gasteiger partial charge in [-0.25, -0.2) is 0 Å². The van der Waals surface area contributed by atoms with E-state index in [0.717, 1.165) is 5.06 Å². The van der Waals surface area contributed by atoms with E-state index in [1.54, 1.807) is 19.1 Å². The number of rotatable bonds is 3. The van der Waals surface area contributed by atoms with E-state index in [4.69, 9.17) is 5.11 Å². The number of aliphatic hydroxyl groups excluding tert-OH is 1. The molecule has 3 nitrogen and oxygen atoms in total. The van der Waals surface area contributed by atoms with Crippen LogP contribution in [0.2, 0.25) is 0 Å². The fourth-order valence-electron chi connectivity index (χ4n) is 0.913. The fraction of sp³-hybridized carbons (Fsp3) is 0.333. The number of aliphatic hydroxyl groups is 1. The average molecular weight is 167 g/mol. The highest BCUT2D eigenvalue weighted by Crippen LogP contribution is 2.12. The van der Waals surface area contributed by atoms with Crippen LogP contribution in [-0.4, -0.2) is 23.0 Å². The topological polar surface area (TPSA) is 43.7 Å². The predicted octanol–water partition coefficient (Wildman–Crippen LogP) is 1.26. The van der Waals surface area contributed by atoms with Crippen molar-refractivity contribution in [3.63, 3.8) is 0 Å². The SMILES string of the molecule is CC(CO)N(O)c1ccccc1. The summed E-state index contributed by atoms with van der Waals surface area (Å²) in [4.78, 5) is 0. The van der Waals surface area contributed by atoms with Crippen LogP contribution in [0, 0.1) is 0 Å². The molecular weight excluding hydrogens is 154 g/mol. The normalized spacial score (nSPS) is 12.6. The molecule has 1 unspecified atom stereocenters. The predicted molar refractivity (Wildman–Crippen MR) is 47.3 cm³/mol. The smallest absolute Gasteiger partial charge is 0.0766 e. The van der Waals surface area contributed by atoms with Gasteiger partial charge in [0, 0.05) is 0 Å². The lowest BCUT2D eigenvalue weighted by Gasteiger charge is -2.22. The molecule has 0 spiro atoms. The maximum atomic E-state index is 9.46. The highest BCUT2D eigenvalue weighted by Gasteiger charge is 2.09. The molecule has 1 aromatic carbocycles. The van der Waals surface area contributed by atoms with E-state index in [2.05, 4.69) is 0 Å². The van der Waals surface area contributed by atoms with Gasteiger partial charge >= 0.3 is 0 Å². The summed E-state index contributed by atoms with van der Waals surface area (Å²) in [5, 5.41) is 19.3. The first-order chi connectivity index (χ1) is 5.75. The molecule has 0 saturated heterocycles. The molecule has 0 aliphatic heterocycles. The molecule has 0 fully saturated rings. The molecule has 66 valence electrons. The van der Waals surface area contributed by atoms with Crippen molar-refractivity contribution in [1.29, 1.82) is 0 Å². The van der Waals surface area contributed by atoms with Crippen LogP contribution in [0.3, 0.4) is 0 Å². The van der Waals surface area contributed by atoms with Crippen molar-refractivity contribution in [1.82, 2.24) is 0 Å². The van der Waals surface area contributed by atoms with E-state index in [1.807, 2.05) is 18.2 Å². The van der Waals surface area contributed by atoms with Crippen molar-refractivity contribution >= 4 is 5.69 Å². The van der Waals surface area contributed by atoms with Gasteiger partial charge in [-0.1, -0.05) is 18.2 Å². The summed E-state index contributed by atoms with van der Waals surface area (Å²) < 4.78 is 0. The van der Waals surface area contributed by atoms with Crippen LogP contribution in [0.25, 0.3) is 0 Å². The summed E-state index contributed by atoms with van der Waals surface area (Å²) in [7, 11) is 0. The monoisotopic (exact) mass is 167 g/mol. The van der Waals surface area contributed by atoms with Crippen molar-refractivity contribution in [2.45, 2.75) is 13.0 Å². The number of hydroxylamine groups is 1. The first-order valence-corrected chi connectivity index (χ1v) is 3.89. The molecule has 1 rings (SSSR count). The quantitative estimate of drug-likeness (QED) is 0.666. The summed E-state index contributed by atoms with van der Waals surface area (Å²) in [5.74, 6) is 0. The van der Waals surface area contributed by atoms with Crippen LogP contribution in [0.4, 0.5) is 5.69 Å². The van der Waals surface area contributed by atoms with Gasteiger partial charge in [0.05, 0.1) is 18.3 Å². The molecule has 1 aromatic rings. The Balaban J connectivity index is 2.71. The number of nitrogens with zero attached hydrogens (tertiary/aromatic N) is 1. The van der Waals surface area contributed by atoms with Gasteiger partial charge in [-0.2, -0.15) is 0 Å². The summed E-state index contributed by atoms with van der Waals surface area (Å²) in [6.07, 6.45) is 0. The van der Waals surface area contributed by atoms with Crippen LogP contribution in [0.1, 0.15) is 6.92 Å². The van der Waals surface area contributed by atoms with Crippen LogP contribution in [0.15, 0.2) is 30.3 Å². The van der Waals surface area contributed by atoms with Crippen molar-refractivity contribution in [2.24, 2.45) is 0 Å². The molecular formula is C9H13NO2. The molecule has 0 saturated carbocycles. The highest BCUT2D eigenvalue weighted by molar-refractivity contribution is 5.43. The van der Waals surface area contributed by atoms with Crippen LogP contribution in [0.5, 0.6) is 0 Å². The zero-order valence-corrected chi connectivity index (χ0v) is 7.01. The maximum absolute atomic E-state index is 9.46. The van der Waals surface area contributed by atoms with E-state index >= 15 is 0 Å². The Hall–Kier alpha value is -1.06. The molecule has 3 heteroatoms. The maximum Gasteiger partial charge on any atom is 0.0766 e. The highest BCUT2D eigenvalue weighted by atomic mass is 16.5. The second-order valence-electron chi connectivity index (χ2n) is 2.71. The Bertz CT molecular complexity index is 225. The number of benzene rings is 1. The molecule has 0 aliphatic rings. The Morgan fingerprint density at radius 1 is 1.33 bits per heavy atom. The Morgan fingerprint density at radius 3 is 2.42 bits per heavy atom. The average Bonchev–Trinajstić information content (AvgIpc) is 2.17. The second kappa shape index (κ2) is 4.09. The van der Waals surface area contributed by atoms with Crippen LogP contribution >= 0.6 is 0 Å². The summed E-state index contributed by atoms with van der Waals surface area (Å²) >= 11 is 0. The fourth-order valence-corrected chi connectivity index (χ4v) is 0.913. The van der Waals surface area contributed by atoms with E-state index in [0.29, 0.717) is 5.69 Å². The first-order valence-electron chi connectivity index (χ1n) is 3.89. The molecule has 0 heterocycles. The Labute approximate surface area is 71.8 Å². The molecule has 0 bridgehead atoms. The zero-order chi connectivity index (χ0) is 8.97. The summed E-state index contributed by atoms with van der Waals surface area (Å²) in [6, 6.07) is 8.84. The van der Waals surface area contributed by atoms with Crippen molar-refractivity contribution < 1.29 is 10.3 Å². The van der Waals surface area contributed by atoms with Crippen LogP contribution in [-0.2, 0) is 0 Å². The molecule has 12 heavy (non-hydrogen) atoms. The molecule has 0 aliphatic carbocycles. The van der Waals surface area contributed by atoms with Gasteiger partial charge in [0.1, 0.15) is 0 Å². The number of hydrogen-bond acceptors (Lipinski definition) is 3. The van der Waals surface area contributed by atoms with Gasteiger partial charge in [-0.3, -0.25) is 10.3 Å². The summed E-state index contributed by atoms with van der Waals surface area (Å²) in [6.45, 7) is 1.68. The third kappa shape index (κ3) is 1.96. The van der Waals surface area contributed by atoms with Gasteiger partial charge in [0.25, 0.3) is 0 Å². The van der Waals surface area contributed by atoms with Gasteiger partial charge < -0.3 is 5.11 Å². The third-order valence-corrected chi connectivity index (χ3v) is 1.70. The molecule has 0 amide bonds. The van der Waals surface area contributed by atoms with Crippen LogP contribution < -0.4 is 5.06 Å². The molecule has 2 N–H and O–H groups in total. The van der Waals surface area contributed by atoms with Gasteiger partial charge in [-0.05, 0) is 19.1 Å². The van der Waals surface area contributed by atoms with E-state index < -0.39 is 0 Å². The van der Waals surface area contributed by atoms with Crippen molar-refractivity contribution in [3.05, 3.63) is 30.3 Å². The lowest BCUT2D eigenvalue weighted by molar-refractivity contribution is 0.168. The lowest BCUT2D eigenvalue weighted by Crippen LogP contribution is -2.32. The third-order valence-electron chi connectivity index (χ3n) is 1.70. The van der Waals surface area contributed by atoms with Gasteiger partial charge in [0.2, 0.25) is 0 Å². The van der Waals surface area contributed by atoms with E-state index in [-0.39, 0.29) is 12.6 Å². The van der Waals surface area contributed by atoms with Gasteiger partial charge in [0.15, 0.2) is 0 Å². The Kier molecular flexibility index (Phi) is 3.08. The zero-order valence-electron chi connectivity index (χ0n) is 7.01. The largest absolute Gasteiger partial charge is 0.394 e. The van der Waals surface area contributed by atoms with E-state index in [1.165, 1.54) is 0 Å². The van der Waals surface area contributed by atoms with Gasteiger partial charge in [-0.15, -0.1) is 0 Å². The second-order valence-corrected chi connectivity index (χ2v) is 2.71. The minimum atomic E-state index is -0.271. The minimum Gasteiger partial charge on any atom is -0.394 e. The molecule has 0 radical (unpaired) electrons. The number of hydrogen-bond donors (Lipinski definition) is 2. The summed E-state index contributed by atoms with van der Waals surface area (Å²) in [5.41, 5.74) is 0.694. The Morgan fingerprint density at radius 2 is 1.92 bits per heavy atom. The number of para-hydroxylation sites is 1. The van der Waals surface area contributed by atoms with E-state index in [9.17, 15) is 5.21 Å². The number of anilines is 1. The van der Waals surface area contributed by atoms with Crippen molar-refractivity contribution in [2.75, 3.05) is 11.7 Å².